The van der Waals surface area contributed by atoms with E-state index < -0.39 is 0 Å². The summed E-state index contributed by atoms with van der Waals surface area (Å²) >= 11 is 0. The monoisotopic (exact) mass is 250 g/mol. The van der Waals surface area contributed by atoms with E-state index in [9.17, 15) is 0 Å². The van der Waals surface area contributed by atoms with E-state index in [-0.39, 0.29) is 12.1 Å². The highest BCUT2D eigenvalue weighted by molar-refractivity contribution is 5.14. The summed E-state index contributed by atoms with van der Waals surface area (Å²) in [7, 11) is 0. The van der Waals surface area contributed by atoms with Gasteiger partial charge in [0.2, 0.25) is 0 Å². The highest BCUT2D eigenvalue weighted by atomic mass is 16.5. The zero-order valence-corrected chi connectivity index (χ0v) is 11.8. The number of nitrogens with two attached hydrogens (primary N) is 1. The Morgan fingerprint density at radius 3 is 2.72 bits per heavy atom. The normalized spacial score (nSPS) is 16.2. The summed E-state index contributed by atoms with van der Waals surface area (Å²) in [6.07, 6.45) is 6.88. The fourth-order valence-electron chi connectivity index (χ4n) is 2.07. The molecule has 3 unspecified atom stereocenters. The van der Waals surface area contributed by atoms with E-state index >= 15 is 0 Å². The lowest BCUT2D eigenvalue weighted by atomic mass is 10.0. The van der Waals surface area contributed by atoms with Crippen LogP contribution in [0.15, 0.2) is 24.5 Å². The number of ether oxygens (including phenoxy) is 1. The van der Waals surface area contributed by atoms with Crippen LogP contribution in [0.25, 0.3) is 0 Å². The molecule has 0 aromatic carbocycles. The lowest BCUT2D eigenvalue weighted by molar-refractivity contribution is 0.0129. The zero-order valence-electron chi connectivity index (χ0n) is 11.8. The lowest BCUT2D eigenvalue weighted by Crippen LogP contribution is -2.30. The Hall–Kier alpha value is -0.930. The van der Waals surface area contributed by atoms with Crippen LogP contribution >= 0.6 is 0 Å². The van der Waals surface area contributed by atoms with Gasteiger partial charge in [0.05, 0.1) is 12.7 Å². The molecule has 1 aromatic heterocycles. The lowest BCUT2D eigenvalue weighted by Gasteiger charge is -2.25. The molecule has 3 nitrogen and oxygen atoms in total. The Balaban J connectivity index is 2.62. The van der Waals surface area contributed by atoms with Crippen LogP contribution in [0.3, 0.4) is 0 Å². The average molecular weight is 250 g/mol. The van der Waals surface area contributed by atoms with Crippen molar-refractivity contribution >= 4 is 0 Å². The Kier molecular flexibility index (Phi) is 6.91. The van der Waals surface area contributed by atoms with Crippen molar-refractivity contribution in [3.63, 3.8) is 0 Å². The maximum absolute atomic E-state index is 6.16. The summed E-state index contributed by atoms with van der Waals surface area (Å²) in [6, 6.07) is 4.00. The molecule has 0 saturated heterocycles. The molecule has 18 heavy (non-hydrogen) atoms. The molecule has 0 bridgehead atoms. The van der Waals surface area contributed by atoms with Crippen LogP contribution in [0.5, 0.6) is 0 Å². The van der Waals surface area contributed by atoms with Gasteiger partial charge in [-0.3, -0.25) is 4.98 Å². The molecule has 3 atom stereocenters. The van der Waals surface area contributed by atoms with Crippen molar-refractivity contribution in [2.75, 3.05) is 6.61 Å². The summed E-state index contributed by atoms with van der Waals surface area (Å²) in [5, 5.41) is 0. The minimum atomic E-state index is -0.0389. The Labute approximate surface area is 111 Å². The van der Waals surface area contributed by atoms with Gasteiger partial charge in [0.15, 0.2) is 0 Å². The SMILES string of the molecule is CCCC(C)COC(c1cccnc1)C(N)CC. The largest absolute Gasteiger partial charge is 0.372 e. The molecule has 0 saturated carbocycles. The summed E-state index contributed by atoms with van der Waals surface area (Å²) in [5.74, 6) is 0.582. The van der Waals surface area contributed by atoms with Gasteiger partial charge in [0, 0.05) is 24.0 Å². The molecule has 0 aliphatic heterocycles. The molecule has 102 valence electrons. The molecule has 0 amide bonds. The highest BCUT2D eigenvalue weighted by Gasteiger charge is 2.20. The van der Waals surface area contributed by atoms with Crippen LogP contribution in [0.1, 0.15) is 51.7 Å². The predicted molar refractivity (Wildman–Crippen MR) is 75.3 cm³/mol. The first-order valence-electron chi connectivity index (χ1n) is 6.96. The first kappa shape index (κ1) is 15.1. The second-order valence-corrected chi connectivity index (χ2v) is 5.01. The molecule has 3 heteroatoms. The fourth-order valence-corrected chi connectivity index (χ4v) is 2.07. The molecule has 0 fully saturated rings. The van der Waals surface area contributed by atoms with Crippen molar-refractivity contribution in [2.45, 2.75) is 52.2 Å². The number of nitrogens with zero attached hydrogens (tertiary/aromatic N) is 1. The second kappa shape index (κ2) is 8.22. The molecule has 0 radical (unpaired) electrons. The van der Waals surface area contributed by atoms with Gasteiger partial charge in [-0.05, 0) is 24.8 Å². The van der Waals surface area contributed by atoms with Crippen LogP contribution in [-0.4, -0.2) is 17.6 Å². The molecule has 0 spiro atoms. The smallest absolute Gasteiger partial charge is 0.0990 e. The summed E-state index contributed by atoms with van der Waals surface area (Å²) in [5.41, 5.74) is 7.24. The van der Waals surface area contributed by atoms with E-state index in [1.54, 1.807) is 6.20 Å². The quantitative estimate of drug-likeness (QED) is 0.770. The number of aromatic nitrogens is 1. The van der Waals surface area contributed by atoms with E-state index in [0.29, 0.717) is 5.92 Å². The van der Waals surface area contributed by atoms with E-state index in [0.717, 1.165) is 18.6 Å². The number of pyridine rings is 1. The van der Waals surface area contributed by atoms with Crippen LogP contribution < -0.4 is 5.73 Å². The van der Waals surface area contributed by atoms with Gasteiger partial charge < -0.3 is 10.5 Å². The molecule has 1 aromatic rings. The molecular formula is C15H26N2O. The van der Waals surface area contributed by atoms with Crippen molar-refractivity contribution in [3.05, 3.63) is 30.1 Å². The van der Waals surface area contributed by atoms with Gasteiger partial charge >= 0.3 is 0 Å². The summed E-state index contributed by atoms with van der Waals surface area (Å²) in [6.45, 7) is 7.28. The Morgan fingerprint density at radius 2 is 2.17 bits per heavy atom. The van der Waals surface area contributed by atoms with Crippen molar-refractivity contribution in [1.82, 2.24) is 4.98 Å². The maximum Gasteiger partial charge on any atom is 0.0990 e. The van der Waals surface area contributed by atoms with Gasteiger partial charge in [-0.25, -0.2) is 0 Å². The molecule has 2 N–H and O–H groups in total. The van der Waals surface area contributed by atoms with Crippen molar-refractivity contribution in [2.24, 2.45) is 11.7 Å². The van der Waals surface area contributed by atoms with E-state index in [2.05, 4.69) is 25.8 Å². The zero-order chi connectivity index (χ0) is 13.4. The Bertz CT molecular complexity index is 316. The van der Waals surface area contributed by atoms with Gasteiger partial charge in [0.1, 0.15) is 0 Å². The second-order valence-electron chi connectivity index (χ2n) is 5.01. The third kappa shape index (κ3) is 4.75. The number of hydrogen-bond acceptors (Lipinski definition) is 3. The topological polar surface area (TPSA) is 48.1 Å². The van der Waals surface area contributed by atoms with Crippen LogP contribution in [0.4, 0.5) is 0 Å². The van der Waals surface area contributed by atoms with Crippen molar-refractivity contribution in [1.29, 1.82) is 0 Å². The first-order chi connectivity index (χ1) is 8.69. The fraction of sp³-hybridized carbons (Fsp3) is 0.667. The van der Waals surface area contributed by atoms with Gasteiger partial charge in [-0.1, -0.05) is 33.3 Å². The molecule has 1 rings (SSSR count). The molecule has 0 aliphatic carbocycles. The maximum atomic E-state index is 6.16. The van der Waals surface area contributed by atoms with E-state index in [1.165, 1.54) is 12.8 Å². The molecule has 0 aliphatic rings. The van der Waals surface area contributed by atoms with E-state index in [1.807, 2.05) is 18.3 Å². The van der Waals surface area contributed by atoms with Gasteiger partial charge in [-0.2, -0.15) is 0 Å². The number of rotatable bonds is 8. The van der Waals surface area contributed by atoms with Crippen LogP contribution in [-0.2, 0) is 4.74 Å². The summed E-state index contributed by atoms with van der Waals surface area (Å²) in [4.78, 5) is 4.15. The van der Waals surface area contributed by atoms with Crippen molar-refractivity contribution in [3.8, 4) is 0 Å². The highest BCUT2D eigenvalue weighted by Crippen LogP contribution is 2.22. The standard InChI is InChI=1S/C15H26N2O/c1-4-7-12(3)11-18-15(14(16)5-2)13-8-6-9-17-10-13/h6,8-10,12,14-15H,4-5,7,11,16H2,1-3H3. The summed E-state index contributed by atoms with van der Waals surface area (Å²) < 4.78 is 6.03. The molecule has 1 heterocycles. The third-order valence-electron chi connectivity index (χ3n) is 3.21. The number of hydrogen-bond donors (Lipinski definition) is 1. The predicted octanol–water partition coefficient (Wildman–Crippen LogP) is 3.31. The van der Waals surface area contributed by atoms with Crippen LogP contribution in [0, 0.1) is 5.92 Å². The minimum Gasteiger partial charge on any atom is -0.372 e. The van der Waals surface area contributed by atoms with Crippen molar-refractivity contribution < 1.29 is 4.74 Å². The minimum absolute atomic E-state index is 0.0306. The van der Waals surface area contributed by atoms with Gasteiger partial charge in [0.25, 0.3) is 0 Å². The third-order valence-corrected chi connectivity index (χ3v) is 3.21. The van der Waals surface area contributed by atoms with Crippen LogP contribution in [0.2, 0.25) is 0 Å². The average Bonchev–Trinajstić information content (AvgIpc) is 2.40. The first-order valence-corrected chi connectivity index (χ1v) is 6.96. The van der Waals surface area contributed by atoms with E-state index in [4.69, 9.17) is 10.5 Å². The molecular weight excluding hydrogens is 224 g/mol. The Morgan fingerprint density at radius 1 is 1.39 bits per heavy atom. The van der Waals surface area contributed by atoms with Gasteiger partial charge in [-0.15, -0.1) is 0 Å².